The second kappa shape index (κ2) is 7.12. The van der Waals surface area contributed by atoms with E-state index in [9.17, 15) is 14.0 Å². The second-order valence-corrected chi connectivity index (χ2v) is 6.55. The van der Waals surface area contributed by atoms with E-state index in [0.717, 1.165) is 16.7 Å². The summed E-state index contributed by atoms with van der Waals surface area (Å²) in [4.78, 5) is 25.1. The normalized spacial score (nSPS) is 13.5. The molecule has 0 unspecified atom stereocenters. The highest BCUT2D eigenvalue weighted by Gasteiger charge is 2.30. The van der Waals surface area contributed by atoms with Gasteiger partial charge in [0.1, 0.15) is 17.2 Å². The number of allylic oxidation sites excluding steroid dienone is 2. The Morgan fingerprint density at radius 2 is 1.29 bits per heavy atom. The highest BCUT2D eigenvalue weighted by atomic mass is 19.1. The summed E-state index contributed by atoms with van der Waals surface area (Å²) in [5, 5.41) is 3.01. The van der Waals surface area contributed by atoms with Crippen LogP contribution in [0.2, 0.25) is 0 Å². The smallest absolute Gasteiger partial charge is 0.211 e. The molecular formula is C23H17FN2O2. The number of benzene rings is 3. The predicted molar refractivity (Wildman–Crippen MR) is 105 cm³/mol. The van der Waals surface area contributed by atoms with Crippen LogP contribution in [0.1, 0.15) is 26.3 Å². The topological polar surface area (TPSA) is 72.2 Å². The van der Waals surface area contributed by atoms with Gasteiger partial charge in [-0.1, -0.05) is 60.7 Å². The van der Waals surface area contributed by atoms with Gasteiger partial charge in [0.2, 0.25) is 11.6 Å². The van der Waals surface area contributed by atoms with Crippen LogP contribution >= 0.6 is 0 Å². The van der Waals surface area contributed by atoms with E-state index in [0.29, 0.717) is 17.7 Å². The van der Waals surface area contributed by atoms with Gasteiger partial charge in [0.15, 0.2) is 0 Å². The first-order valence-electron chi connectivity index (χ1n) is 8.81. The number of nitrogens with one attached hydrogen (secondary N) is 1. The van der Waals surface area contributed by atoms with Gasteiger partial charge < -0.3 is 11.1 Å². The zero-order chi connectivity index (χ0) is 19.7. The molecule has 0 saturated carbocycles. The number of rotatable bonds is 4. The molecule has 3 aromatic carbocycles. The zero-order valence-electron chi connectivity index (χ0n) is 14.9. The fourth-order valence-electron chi connectivity index (χ4n) is 3.22. The summed E-state index contributed by atoms with van der Waals surface area (Å²) in [6.07, 6.45) is 0. The summed E-state index contributed by atoms with van der Waals surface area (Å²) in [6, 6.07) is 20.6. The predicted octanol–water partition coefficient (Wildman–Crippen LogP) is 3.83. The third-order valence-electron chi connectivity index (χ3n) is 4.76. The van der Waals surface area contributed by atoms with Gasteiger partial charge in [0, 0.05) is 17.7 Å². The number of carbonyl (C=O) groups is 2. The van der Waals surface area contributed by atoms with Crippen molar-refractivity contribution in [3.63, 3.8) is 0 Å². The Balaban J connectivity index is 1.51. The molecule has 0 bridgehead atoms. The number of carbonyl (C=O) groups excluding carboxylic acids is 2. The van der Waals surface area contributed by atoms with Crippen LogP contribution in [0.25, 0.3) is 11.1 Å². The van der Waals surface area contributed by atoms with Crippen molar-refractivity contribution in [1.29, 1.82) is 0 Å². The molecule has 1 aliphatic carbocycles. The fraction of sp³-hybridized carbons (Fsp3) is 0.0435. The molecule has 5 heteroatoms. The van der Waals surface area contributed by atoms with Crippen molar-refractivity contribution in [2.75, 3.05) is 0 Å². The van der Waals surface area contributed by atoms with E-state index in [1.54, 1.807) is 36.4 Å². The van der Waals surface area contributed by atoms with E-state index in [1.165, 1.54) is 12.1 Å². The maximum Gasteiger partial charge on any atom is 0.211 e. The highest BCUT2D eigenvalue weighted by molar-refractivity contribution is 6.26. The van der Waals surface area contributed by atoms with Crippen LogP contribution in [-0.2, 0) is 6.54 Å². The van der Waals surface area contributed by atoms with Gasteiger partial charge in [-0.2, -0.15) is 0 Å². The van der Waals surface area contributed by atoms with Gasteiger partial charge in [0.05, 0.1) is 0 Å². The molecule has 28 heavy (non-hydrogen) atoms. The van der Waals surface area contributed by atoms with Crippen LogP contribution in [0.4, 0.5) is 4.39 Å². The molecule has 138 valence electrons. The van der Waals surface area contributed by atoms with E-state index < -0.39 is 0 Å². The molecule has 4 rings (SSSR count). The van der Waals surface area contributed by atoms with Crippen molar-refractivity contribution in [2.45, 2.75) is 6.54 Å². The van der Waals surface area contributed by atoms with Gasteiger partial charge >= 0.3 is 0 Å². The lowest BCUT2D eigenvalue weighted by Gasteiger charge is -2.19. The molecular weight excluding hydrogens is 355 g/mol. The lowest BCUT2D eigenvalue weighted by atomic mass is 9.90. The van der Waals surface area contributed by atoms with Gasteiger partial charge in [-0.05, 0) is 28.8 Å². The molecule has 3 aromatic rings. The number of halogens is 1. The summed E-state index contributed by atoms with van der Waals surface area (Å²) < 4.78 is 13.1. The molecule has 3 N–H and O–H groups in total. The molecule has 0 radical (unpaired) electrons. The Hall–Kier alpha value is -3.73. The number of nitrogens with two attached hydrogens (primary N) is 1. The third kappa shape index (κ3) is 3.18. The molecule has 0 aliphatic heterocycles. The van der Waals surface area contributed by atoms with E-state index >= 15 is 0 Å². The Morgan fingerprint density at radius 1 is 0.750 bits per heavy atom. The average molecular weight is 372 g/mol. The van der Waals surface area contributed by atoms with Crippen molar-refractivity contribution < 1.29 is 14.0 Å². The standard InChI is InChI=1S/C23H17FN2O2/c24-17-11-9-16(10-12-17)15-7-5-14(6-8-15)13-26-21-20(25)22(27)18-3-1-2-4-19(18)23(21)28/h1-12,26H,13,25H2. The summed E-state index contributed by atoms with van der Waals surface area (Å²) in [7, 11) is 0. The van der Waals surface area contributed by atoms with Crippen LogP contribution in [0, 0.1) is 5.82 Å². The molecule has 0 spiro atoms. The summed E-state index contributed by atoms with van der Waals surface area (Å²) in [5.74, 6) is -0.899. The monoisotopic (exact) mass is 372 g/mol. The van der Waals surface area contributed by atoms with Crippen molar-refractivity contribution >= 4 is 11.6 Å². The minimum absolute atomic E-state index is 0.0633. The Morgan fingerprint density at radius 3 is 1.89 bits per heavy atom. The van der Waals surface area contributed by atoms with E-state index in [4.69, 9.17) is 5.73 Å². The SMILES string of the molecule is NC1=C(NCc2ccc(-c3ccc(F)cc3)cc2)C(=O)c2ccccc2C1=O. The van der Waals surface area contributed by atoms with Crippen LogP contribution < -0.4 is 11.1 Å². The Bertz CT molecular complexity index is 1100. The molecule has 0 aromatic heterocycles. The maximum absolute atomic E-state index is 13.1. The van der Waals surface area contributed by atoms with Gasteiger partial charge in [0.25, 0.3) is 0 Å². The number of hydrogen-bond acceptors (Lipinski definition) is 4. The fourth-order valence-corrected chi connectivity index (χ4v) is 3.22. The van der Waals surface area contributed by atoms with Crippen LogP contribution in [0.3, 0.4) is 0 Å². The van der Waals surface area contributed by atoms with Crippen molar-refractivity contribution in [3.8, 4) is 11.1 Å². The Kier molecular flexibility index (Phi) is 4.49. The Labute approximate surface area is 161 Å². The largest absolute Gasteiger partial charge is 0.394 e. The first kappa shape index (κ1) is 17.7. The van der Waals surface area contributed by atoms with E-state index in [1.807, 2.05) is 24.3 Å². The van der Waals surface area contributed by atoms with Gasteiger partial charge in [-0.15, -0.1) is 0 Å². The van der Waals surface area contributed by atoms with Crippen LogP contribution in [0.5, 0.6) is 0 Å². The number of hydrogen-bond donors (Lipinski definition) is 2. The lowest BCUT2D eigenvalue weighted by Crippen LogP contribution is -2.33. The van der Waals surface area contributed by atoms with Crippen molar-refractivity contribution in [2.24, 2.45) is 5.73 Å². The highest BCUT2D eigenvalue weighted by Crippen LogP contribution is 2.23. The maximum atomic E-state index is 13.1. The third-order valence-corrected chi connectivity index (χ3v) is 4.76. The zero-order valence-corrected chi connectivity index (χ0v) is 14.9. The number of fused-ring (bicyclic) bond motifs is 1. The van der Waals surface area contributed by atoms with Crippen LogP contribution in [0.15, 0.2) is 84.2 Å². The minimum atomic E-state index is -0.343. The molecule has 4 nitrogen and oxygen atoms in total. The molecule has 1 aliphatic rings. The molecule has 0 saturated heterocycles. The first-order chi connectivity index (χ1) is 13.5. The van der Waals surface area contributed by atoms with E-state index in [-0.39, 0.29) is 28.8 Å². The molecule has 0 fully saturated rings. The summed E-state index contributed by atoms with van der Waals surface area (Å²) in [5.41, 5.74) is 9.47. The van der Waals surface area contributed by atoms with Crippen molar-refractivity contribution in [3.05, 3.63) is 107 Å². The molecule has 0 amide bonds. The first-order valence-corrected chi connectivity index (χ1v) is 8.81. The lowest BCUT2D eigenvalue weighted by molar-refractivity contribution is 0.0967. The summed E-state index contributed by atoms with van der Waals surface area (Å²) in [6.45, 7) is 0.348. The number of ketones is 2. The molecule has 0 atom stereocenters. The van der Waals surface area contributed by atoms with Crippen molar-refractivity contribution in [1.82, 2.24) is 5.32 Å². The molecule has 0 heterocycles. The van der Waals surface area contributed by atoms with E-state index in [2.05, 4.69) is 5.32 Å². The average Bonchev–Trinajstić information content (AvgIpc) is 2.73. The second-order valence-electron chi connectivity index (χ2n) is 6.55. The van der Waals surface area contributed by atoms with Crippen LogP contribution in [-0.4, -0.2) is 11.6 Å². The minimum Gasteiger partial charge on any atom is -0.394 e. The quantitative estimate of drug-likeness (QED) is 0.730. The number of Topliss-reactive ketones (excluding diaryl/α,β-unsaturated/α-hetero) is 2. The summed E-state index contributed by atoms with van der Waals surface area (Å²) >= 11 is 0. The van der Waals surface area contributed by atoms with Gasteiger partial charge in [-0.3, -0.25) is 9.59 Å². The van der Waals surface area contributed by atoms with Gasteiger partial charge in [-0.25, -0.2) is 4.39 Å².